The number of amides is 2. The molecule has 0 fully saturated rings. The molecular formula is C19H15N3O6. The van der Waals surface area contributed by atoms with Gasteiger partial charge in [0.1, 0.15) is 22.7 Å². The van der Waals surface area contributed by atoms with Crippen molar-refractivity contribution >= 4 is 45.0 Å². The summed E-state index contributed by atoms with van der Waals surface area (Å²) >= 11 is 0. The fourth-order valence-electron chi connectivity index (χ4n) is 2.94. The minimum absolute atomic E-state index is 0.277. The van der Waals surface area contributed by atoms with Crippen LogP contribution in [0.3, 0.4) is 0 Å². The molecule has 0 saturated carbocycles. The predicted octanol–water partition coefficient (Wildman–Crippen LogP) is 2.86. The summed E-state index contributed by atoms with van der Waals surface area (Å²) in [6, 6.07) is 9.61. The number of benzene rings is 2. The van der Waals surface area contributed by atoms with Crippen LogP contribution < -0.4 is 25.7 Å². The third-order valence-electron chi connectivity index (χ3n) is 4.20. The van der Waals surface area contributed by atoms with Crippen LogP contribution in [0.5, 0.6) is 11.5 Å². The quantitative estimate of drug-likeness (QED) is 0.491. The zero-order valence-corrected chi connectivity index (χ0v) is 14.9. The van der Waals surface area contributed by atoms with Crippen molar-refractivity contribution in [3.05, 3.63) is 46.8 Å². The Balaban J connectivity index is 1.89. The fourth-order valence-corrected chi connectivity index (χ4v) is 2.94. The molecule has 0 aliphatic carbocycles. The van der Waals surface area contributed by atoms with E-state index >= 15 is 0 Å². The highest BCUT2D eigenvalue weighted by Gasteiger charge is 2.16. The largest absolute Gasteiger partial charge is 0.455 e. The van der Waals surface area contributed by atoms with Gasteiger partial charge in [0, 0.05) is 37.0 Å². The summed E-state index contributed by atoms with van der Waals surface area (Å²) in [4.78, 5) is 38.2. The van der Waals surface area contributed by atoms with E-state index in [1.165, 1.54) is 14.1 Å². The van der Waals surface area contributed by atoms with E-state index in [4.69, 9.17) is 13.9 Å². The van der Waals surface area contributed by atoms with Crippen LogP contribution in [0.1, 0.15) is 0 Å². The van der Waals surface area contributed by atoms with Crippen LogP contribution in [0.15, 0.2) is 45.6 Å². The molecule has 0 aliphatic rings. The van der Waals surface area contributed by atoms with Gasteiger partial charge < -0.3 is 29.5 Å². The SMILES string of the molecule is CNC(=O)Oc1ccc2c(c1)[nH]c(=O)c1c3ccc(OC(=O)NC)cc3oc21. The molecule has 4 aromatic rings. The normalized spacial score (nSPS) is 10.9. The molecule has 2 aromatic carbocycles. The van der Waals surface area contributed by atoms with Gasteiger partial charge in [-0.15, -0.1) is 0 Å². The van der Waals surface area contributed by atoms with Crippen molar-refractivity contribution in [1.82, 2.24) is 15.6 Å². The molecule has 3 N–H and O–H groups in total. The number of aromatic nitrogens is 1. The predicted molar refractivity (Wildman–Crippen MR) is 102 cm³/mol. The third kappa shape index (κ3) is 2.88. The first-order valence-corrected chi connectivity index (χ1v) is 8.31. The van der Waals surface area contributed by atoms with Crippen LogP contribution in [0.25, 0.3) is 32.8 Å². The molecular weight excluding hydrogens is 366 g/mol. The zero-order valence-electron chi connectivity index (χ0n) is 14.9. The molecule has 0 saturated heterocycles. The Kier molecular flexibility index (Phi) is 4.11. The Bertz CT molecular complexity index is 1300. The average Bonchev–Trinajstić information content (AvgIpc) is 3.07. The highest BCUT2D eigenvalue weighted by atomic mass is 16.6. The van der Waals surface area contributed by atoms with E-state index in [-0.39, 0.29) is 17.1 Å². The van der Waals surface area contributed by atoms with Crippen LogP contribution in [-0.2, 0) is 0 Å². The lowest BCUT2D eigenvalue weighted by molar-refractivity contribution is 0.202. The Morgan fingerprint density at radius 3 is 2.18 bits per heavy atom. The molecule has 0 spiro atoms. The highest BCUT2D eigenvalue weighted by Crippen LogP contribution is 2.33. The number of carbonyl (C=O) groups is 2. The number of carbonyl (C=O) groups excluding carboxylic acids is 2. The Hall–Kier alpha value is -4.01. The highest BCUT2D eigenvalue weighted by molar-refractivity contribution is 6.13. The van der Waals surface area contributed by atoms with E-state index in [0.717, 1.165) is 0 Å². The maximum absolute atomic E-state index is 12.6. The molecule has 0 aliphatic heterocycles. The van der Waals surface area contributed by atoms with E-state index < -0.39 is 12.2 Å². The summed E-state index contributed by atoms with van der Waals surface area (Å²) in [5, 5.41) is 6.33. The molecule has 2 heterocycles. The van der Waals surface area contributed by atoms with E-state index in [1.807, 2.05) is 0 Å². The summed E-state index contributed by atoms with van der Waals surface area (Å²) in [5.74, 6) is 0.562. The fraction of sp³-hybridized carbons (Fsp3) is 0.105. The van der Waals surface area contributed by atoms with Crippen molar-refractivity contribution < 1.29 is 23.5 Å². The number of nitrogens with one attached hydrogen (secondary N) is 3. The van der Waals surface area contributed by atoms with Gasteiger partial charge in [-0.2, -0.15) is 0 Å². The molecule has 2 amide bonds. The van der Waals surface area contributed by atoms with Gasteiger partial charge in [0.05, 0.1) is 10.9 Å². The molecule has 0 bridgehead atoms. The standard InChI is InChI=1S/C19H15N3O6/c1-20-18(24)26-9-3-5-11-13(7-9)22-17(23)15-12-6-4-10(27-19(25)21-2)8-14(12)28-16(11)15/h3-8H,1-2H3,(H,20,24)(H,21,25)(H,22,23). The maximum Gasteiger partial charge on any atom is 0.412 e. The summed E-state index contributed by atoms with van der Waals surface area (Å²) in [5.41, 5.74) is 0.899. The van der Waals surface area contributed by atoms with Crippen LogP contribution in [0.2, 0.25) is 0 Å². The minimum Gasteiger partial charge on any atom is -0.455 e. The first-order valence-electron chi connectivity index (χ1n) is 8.31. The number of H-pyrrole nitrogens is 1. The molecule has 28 heavy (non-hydrogen) atoms. The van der Waals surface area contributed by atoms with Gasteiger partial charge in [0.15, 0.2) is 0 Å². The van der Waals surface area contributed by atoms with Crippen LogP contribution in [-0.4, -0.2) is 31.3 Å². The van der Waals surface area contributed by atoms with E-state index in [1.54, 1.807) is 36.4 Å². The second-order valence-electron chi connectivity index (χ2n) is 5.90. The van der Waals surface area contributed by atoms with E-state index in [2.05, 4.69) is 15.6 Å². The second kappa shape index (κ2) is 6.62. The number of rotatable bonds is 2. The third-order valence-corrected chi connectivity index (χ3v) is 4.20. The number of pyridine rings is 1. The van der Waals surface area contributed by atoms with Gasteiger partial charge in [-0.1, -0.05) is 0 Å². The van der Waals surface area contributed by atoms with Gasteiger partial charge >= 0.3 is 12.2 Å². The van der Waals surface area contributed by atoms with Crippen molar-refractivity contribution in [3.63, 3.8) is 0 Å². The molecule has 4 rings (SSSR count). The second-order valence-corrected chi connectivity index (χ2v) is 5.90. The zero-order chi connectivity index (χ0) is 19.8. The Morgan fingerprint density at radius 1 is 0.929 bits per heavy atom. The smallest absolute Gasteiger partial charge is 0.412 e. The van der Waals surface area contributed by atoms with Crippen molar-refractivity contribution in [2.75, 3.05) is 14.1 Å². The maximum atomic E-state index is 12.6. The average molecular weight is 381 g/mol. The molecule has 9 nitrogen and oxygen atoms in total. The first-order chi connectivity index (χ1) is 13.5. The lowest BCUT2D eigenvalue weighted by Crippen LogP contribution is -2.22. The molecule has 9 heteroatoms. The Morgan fingerprint density at radius 2 is 1.54 bits per heavy atom. The summed E-state index contributed by atoms with van der Waals surface area (Å²) in [6.45, 7) is 0. The van der Waals surface area contributed by atoms with Gasteiger partial charge in [-0.3, -0.25) is 4.79 Å². The first kappa shape index (κ1) is 17.4. The van der Waals surface area contributed by atoms with Gasteiger partial charge in [0.25, 0.3) is 5.56 Å². The Labute approximate surface area is 157 Å². The lowest BCUT2D eigenvalue weighted by Gasteiger charge is -2.05. The number of furan rings is 1. The van der Waals surface area contributed by atoms with Crippen LogP contribution in [0, 0.1) is 0 Å². The van der Waals surface area contributed by atoms with Crippen molar-refractivity contribution in [2.45, 2.75) is 0 Å². The van der Waals surface area contributed by atoms with Gasteiger partial charge in [-0.25, -0.2) is 9.59 Å². The molecule has 2 aromatic heterocycles. The topological polar surface area (TPSA) is 123 Å². The van der Waals surface area contributed by atoms with Crippen molar-refractivity contribution in [3.8, 4) is 11.5 Å². The molecule has 142 valence electrons. The number of fused-ring (bicyclic) bond motifs is 5. The van der Waals surface area contributed by atoms with E-state index in [9.17, 15) is 14.4 Å². The van der Waals surface area contributed by atoms with Gasteiger partial charge in [0.2, 0.25) is 0 Å². The molecule has 0 atom stereocenters. The number of hydrogen-bond donors (Lipinski definition) is 3. The van der Waals surface area contributed by atoms with Gasteiger partial charge in [-0.05, 0) is 24.3 Å². The summed E-state index contributed by atoms with van der Waals surface area (Å²) in [6.07, 6.45) is -1.22. The lowest BCUT2D eigenvalue weighted by atomic mass is 10.1. The van der Waals surface area contributed by atoms with Crippen molar-refractivity contribution in [1.29, 1.82) is 0 Å². The molecule has 0 radical (unpaired) electrons. The minimum atomic E-state index is -0.616. The summed E-state index contributed by atoms with van der Waals surface area (Å²) < 4.78 is 16.1. The molecule has 0 unspecified atom stereocenters. The van der Waals surface area contributed by atoms with Crippen LogP contribution >= 0.6 is 0 Å². The number of ether oxygens (including phenoxy) is 2. The number of hydrogen-bond acceptors (Lipinski definition) is 6. The number of aromatic amines is 1. The van der Waals surface area contributed by atoms with Crippen LogP contribution in [0.4, 0.5) is 9.59 Å². The summed E-state index contributed by atoms with van der Waals surface area (Å²) in [7, 11) is 2.90. The van der Waals surface area contributed by atoms with E-state index in [0.29, 0.717) is 32.8 Å². The van der Waals surface area contributed by atoms with Crippen molar-refractivity contribution in [2.24, 2.45) is 0 Å². The monoisotopic (exact) mass is 381 g/mol.